The van der Waals surface area contributed by atoms with Gasteiger partial charge in [0.2, 0.25) is 0 Å². The third-order valence-corrected chi connectivity index (χ3v) is 4.23. The molecule has 0 aromatic carbocycles. The van der Waals surface area contributed by atoms with E-state index in [4.69, 9.17) is 5.11 Å². The number of aliphatic hydroxyl groups is 1. The summed E-state index contributed by atoms with van der Waals surface area (Å²) in [5, 5.41) is 8.66. The molecular formula is C10H19N3O3S. The Bertz CT molecular complexity index is 439. The third-order valence-electron chi connectivity index (χ3n) is 2.48. The van der Waals surface area contributed by atoms with E-state index in [1.807, 2.05) is 0 Å². The van der Waals surface area contributed by atoms with E-state index in [9.17, 15) is 8.42 Å². The van der Waals surface area contributed by atoms with Crippen LogP contribution in [0.25, 0.3) is 0 Å². The number of nitrogens with zero attached hydrogens (tertiary/aromatic N) is 3. The van der Waals surface area contributed by atoms with Crippen molar-refractivity contribution in [3.63, 3.8) is 0 Å². The minimum absolute atomic E-state index is 0.176. The van der Waals surface area contributed by atoms with Gasteiger partial charge in [0.15, 0.2) is 0 Å². The second-order valence-electron chi connectivity index (χ2n) is 4.01. The number of hydrogen-bond donors (Lipinski definition) is 1. The van der Waals surface area contributed by atoms with Gasteiger partial charge in [-0.3, -0.25) is 0 Å². The van der Waals surface area contributed by atoms with Gasteiger partial charge in [0, 0.05) is 26.9 Å². The van der Waals surface area contributed by atoms with Gasteiger partial charge < -0.3 is 5.11 Å². The lowest BCUT2D eigenvalue weighted by Crippen LogP contribution is -2.29. The second-order valence-corrected chi connectivity index (χ2v) is 6.02. The van der Waals surface area contributed by atoms with Crippen LogP contribution in [0.15, 0.2) is 12.5 Å². The van der Waals surface area contributed by atoms with Crippen molar-refractivity contribution < 1.29 is 13.5 Å². The first-order valence-corrected chi connectivity index (χ1v) is 6.95. The van der Waals surface area contributed by atoms with Gasteiger partial charge in [-0.2, -0.15) is 12.7 Å². The highest BCUT2D eigenvalue weighted by molar-refractivity contribution is 7.87. The molecule has 0 saturated carbocycles. The summed E-state index contributed by atoms with van der Waals surface area (Å²) in [7, 11) is -0.487. The van der Waals surface area contributed by atoms with Crippen LogP contribution in [0.1, 0.15) is 25.0 Å². The molecule has 1 rings (SSSR count). The van der Waals surface area contributed by atoms with Gasteiger partial charge in [0.25, 0.3) is 0 Å². The molecule has 6 nitrogen and oxygen atoms in total. The smallest absolute Gasteiger partial charge is 0.308 e. The first-order chi connectivity index (χ1) is 8.00. The van der Waals surface area contributed by atoms with Crippen LogP contribution < -0.4 is 0 Å². The Morgan fingerprint density at radius 3 is 2.65 bits per heavy atom. The number of aliphatic hydroxyl groups excluding tert-OH is 1. The molecule has 7 heteroatoms. The van der Waals surface area contributed by atoms with Crippen molar-refractivity contribution in [1.82, 2.24) is 13.3 Å². The maximum absolute atomic E-state index is 11.9. The predicted octanol–water partition coefficient (Wildman–Crippen LogP) is 0.243. The lowest BCUT2D eigenvalue weighted by molar-refractivity contribution is 0.283. The first-order valence-electron chi connectivity index (χ1n) is 5.55. The molecule has 0 unspecified atom stereocenters. The van der Waals surface area contributed by atoms with E-state index in [0.717, 1.165) is 23.6 Å². The molecule has 0 bridgehead atoms. The highest BCUT2D eigenvalue weighted by Crippen LogP contribution is 2.10. The van der Waals surface area contributed by atoms with Gasteiger partial charge >= 0.3 is 10.2 Å². The van der Waals surface area contributed by atoms with Crippen LogP contribution in [0.4, 0.5) is 0 Å². The number of unbranched alkanes of at least 4 members (excludes halogenated alkanes) is 2. The summed E-state index contributed by atoms with van der Waals surface area (Å²) in [6.07, 6.45) is 6.00. The average Bonchev–Trinajstić information content (AvgIpc) is 2.73. The number of imidazole rings is 1. The summed E-state index contributed by atoms with van der Waals surface area (Å²) in [5.74, 6) is 0. The van der Waals surface area contributed by atoms with E-state index < -0.39 is 10.2 Å². The zero-order valence-corrected chi connectivity index (χ0v) is 11.0. The number of rotatable bonds is 7. The molecule has 0 atom stereocenters. The number of aromatic nitrogens is 2. The molecule has 0 aliphatic rings. The van der Waals surface area contributed by atoms with Crippen molar-refractivity contribution in [3.05, 3.63) is 18.2 Å². The zero-order valence-electron chi connectivity index (χ0n) is 10.2. The minimum Gasteiger partial charge on any atom is -0.396 e. The fourth-order valence-corrected chi connectivity index (χ4v) is 2.42. The van der Waals surface area contributed by atoms with Crippen molar-refractivity contribution in [3.8, 4) is 0 Å². The predicted molar refractivity (Wildman–Crippen MR) is 64.9 cm³/mol. The van der Waals surface area contributed by atoms with Crippen LogP contribution in [0, 0.1) is 0 Å². The van der Waals surface area contributed by atoms with Crippen LogP contribution in [0.3, 0.4) is 0 Å². The molecule has 1 heterocycles. The summed E-state index contributed by atoms with van der Waals surface area (Å²) >= 11 is 0. The molecule has 0 radical (unpaired) electrons. The van der Waals surface area contributed by atoms with Gasteiger partial charge in [-0.1, -0.05) is 6.42 Å². The van der Waals surface area contributed by atoms with Crippen LogP contribution in [-0.2, 0) is 16.6 Å². The summed E-state index contributed by atoms with van der Waals surface area (Å²) in [5.41, 5.74) is 0.677. The van der Waals surface area contributed by atoms with Gasteiger partial charge in [-0.05, 0) is 19.3 Å². The van der Waals surface area contributed by atoms with E-state index in [1.54, 1.807) is 6.20 Å². The lowest BCUT2D eigenvalue weighted by Gasteiger charge is -2.14. The van der Waals surface area contributed by atoms with Crippen molar-refractivity contribution >= 4 is 10.2 Å². The van der Waals surface area contributed by atoms with Gasteiger partial charge in [0.1, 0.15) is 6.33 Å². The van der Waals surface area contributed by atoms with Crippen molar-refractivity contribution in [2.75, 3.05) is 20.7 Å². The molecule has 0 amide bonds. The van der Waals surface area contributed by atoms with E-state index in [2.05, 4.69) is 4.98 Å². The Hall–Kier alpha value is -0.920. The van der Waals surface area contributed by atoms with Crippen LogP contribution >= 0.6 is 0 Å². The summed E-state index contributed by atoms with van der Waals surface area (Å²) in [4.78, 5) is 3.88. The maximum Gasteiger partial charge on any atom is 0.308 e. The lowest BCUT2D eigenvalue weighted by atomic mass is 10.2. The van der Waals surface area contributed by atoms with Crippen LogP contribution in [-0.4, -0.2) is 47.5 Å². The SMILES string of the molecule is CN(C)S(=O)(=O)n1cncc1CCCCCO. The minimum atomic E-state index is -3.47. The topological polar surface area (TPSA) is 75.4 Å². The fraction of sp³-hybridized carbons (Fsp3) is 0.700. The normalized spacial score (nSPS) is 12.2. The highest BCUT2D eigenvalue weighted by atomic mass is 32.2. The zero-order chi connectivity index (χ0) is 12.9. The molecule has 17 heavy (non-hydrogen) atoms. The molecule has 98 valence electrons. The Morgan fingerprint density at radius 2 is 2.06 bits per heavy atom. The summed E-state index contributed by atoms with van der Waals surface area (Å²) in [6.45, 7) is 0.176. The Morgan fingerprint density at radius 1 is 1.35 bits per heavy atom. The van der Waals surface area contributed by atoms with Gasteiger partial charge in [-0.25, -0.2) is 8.96 Å². The van der Waals surface area contributed by atoms with Gasteiger partial charge in [0.05, 0.1) is 5.69 Å². The highest BCUT2D eigenvalue weighted by Gasteiger charge is 2.18. The van der Waals surface area contributed by atoms with E-state index in [0.29, 0.717) is 12.1 Å². The molecule has 0 fully saturated rings. The molecule has 1 aromatic heterocycles. The van der Waals surface area contributed by atoms with Crippen LogP contribution in [0.2, 0.25) is 0 Å². The average molecular weight is 261 g/mol. The fourth-order valence-electron chi connectivity index (χ4n) is 1.46. The molecule has 1 N–H and O–H groups in total. The van der Waals surface area contributed by atoms with E-state index in [1.165, 1.54) is 24.4 Å². The van der Waals surface area contributed by atoms with Crippen molar-refractivity contribution in [2.45, 2.75) is 25.7 Å². The standard InChI is InChI=1S/C10H19N3O3S/c1-12(2)17(15,16)13-9-11-8-10(13)6-4-3-5-7-14/h8-9,14H,3-7H2,1-2H3. The quantitative estimate of drug-likeness (QED) is 0.714. The maximum atomic E-state index is 11.9. The Labute approximate surface area is 102 Å². The third kappa shape index (κ3) is 3.52. The summed E-state index contributed by atoms with van der Waals surface area (Å²) in [6, 6.07) is 0. The molecular weight excluding hydrogens is 242 g/mol. The largest absolute Gasteiger partial charge is 0.396 e. The molecule has 1 aromatic rings. The molecule has 0 aliphatic carbocycles. The molecule has 0 saturated heterocycles. The summed E-state index contributed by atoms with van der Waals surface area (Å²) < 4.78 is 26.2. The molecule has 0 spiro atoms. The Balaban J connectivity index is 2.73. The monoisotopic (exact) mass is 261 g/mol. The van der Waals surface area contributed by atoms with Crippen molar-refractivity contribution in [1.29, 1.82) is 0 Å². The molecule has 0 aliphatic heterocycles. The number of aryl methyl sites for hydroxylation is 1. The van der Waals surface area contributed by atoms with Gasteiger partial charge in [-0.15, -0.1) is 0 Å². The van der Waals surface area contributed by atoms with E-state index in [-0.39, 0.29) is 6.61 Å². The van der Waals surface area contributed by atoms with Crippen LogP contribution in [0.5, 0.6) is 0 Å². The second kappa shape index (κ2) is 6.13. The number of hydrogen-bond acceptors (Lipinski definition) is 4. The first kappa shape index (κ1) is 14.1. The van der Waals surface area contributed by atoms with Crippen molar-refractivity contribution in [2.24, 2.45) is 0 Å². The Kier molecular flexibility index (Phi) is 5.10. The van der Waals surface area contributed by atoms with E-state index >= 15 is 0 Å².